The van der Waals surface area contributed by atoms with Gasteiger partial charge in [0.15, 0.2) is 12.2 Å². The van der Waals surface area contributed by atoms with Crippen LogP contribution in [-0.4, -0.2) is 4.98 Å². The Morgan fingerprint density at radius 1 is 1.40 bits per heavy atom. The molecule has 0 saturated heterocycles. The van der Waals surface area contributed by atoms with Crippen molar-refractivity contribution in [1.82, 2.24) is 4.98 Å². The van der Waals surface area contributed by atoms with E-state index < -0.39 is 0 Å². The van der Waals surface area contributed by atoms with E-state index in [0.717, 1.165) is 15.7 Å². The molecule has 0 aliphatic rings. The smallest absolute Gasteiger partial charge is 0.181 e. The maximum atomic E-state index is 5.98. The van der Waals surface area contributed by atoms with E-state index in [4.69, 9.17) is 27.6 Å². The van der Waals surface area contributed by atoms with Crippen LogP contribution in [-0.2, 0) is 5.88 Å². The Balaban J connectivity index is 2.50. The maximum Gasteiger partial charge on any atom is 0.181 e. The van der Waals surface area contributed by atoms with Crippen LogP contribution in [0.4, 0.5) is 0 Å². The summed E-state index contributed by atoms with van der Waals surface area (Å²) < 4.78 is 6.11. The van der Waals surface area contributed by atoms with Gasteiger partial charge in [-0.2, -0.15) is 0 Å². The van der Waals surface area contributed by atoms with E-state index >= 15 is 0 Å². The number of benzene rings is 1. The molecular weight excluding hydrogens is 301 g/mol. The lowest BCUT2D eigenvalue weighted by atomic mass is 10.1. The number of nitrogens with zero attached hydrogens (tertiary/aromatic N) is 1. The van der Waals surface area contributed by atoms with Crippen molar-refractivity contribution in [2.75, 3.05) is 0 Å². The molecular formula is C10H6BrCl2NO. The van der Waals surface area contributed by atoms with E-state index in [-0.39, 0.29) is 0 Å². The first-order valence-corrected chi connectivity index (χ1v) is 5.86. The van der Waals surface area contributed by atoms with Gasteiger partial charge in [0.25, 0.3) is 0 Å². The average Bonchev–Trinajstić information content (AvgIpc) is 2.70. The molecule has 0 aliphatic heterocycles. The minimum atomic E-state index is 0.319. The van der Waals surface area contributed by atoms with Crippen LogP contribution in [0.3, 0.4) is 0 Å². The molecule has 0 fully saturated rings. The van der Waals surface area contributed by atoms with Crippen molar-refractivity contribution in [2.24, 2.45) is 0 Å². The van der Waals surface area contributed by atoms with Gasteiger partial charge in [-0.1, -0.05) is 11.6 Å². The Labute approximate surface area is 105 Å². The SMILES string of the molecule is ClCc1ncoc1-c1ccc(Br)c(Cl)c1. The van der Waals surface area contributed by atoms with E-state index in [9.17, 15) is 0 Å². The summed E-state index contributed by atoms with van der Waals surface area (Å²) in [5.41, 5.74) is 1.59. The number of aromatic nitrogens is 1. The normalized spacial score (nSPS) is 10.6. The molecule has 0 radical (unpaired) electrons. The van der Waals surface area contributed by atoms with E-state index in [2.05, 4.69) is 20.9 Å². The molecule has 1 aromatic heterocycles. The van der Waals surface area contributed by atoms with Gasteiger partial charge in [0, 0.05) is 10.0 Å². The van der Waals surface area contributed by atoms with Crippen LogP contribution in [0.25, 0.3) is 11.3 Å². The molecule has 0 unspecified atom stereocenters. The lowest BCUT2D eigenvalue weighted by Gasteiger charge is -2.01. The highest BCUT2D eigenvalue weighted by atomic mass is 79.9. The van der Waals surface area contributed by atoms with Gasteiger partial charge >= 0.3 is 0 Å². The Bertz CT molecular complexity index is 484. The molecule has 0 aliphatic carbocycles. The van der Waals surface area contributed by atoms with Crippen molar-refractivity contribution in [3.63, 3.8) is 0 Å². The second-order valence-corrected chi connectivity index (χ2v) is 4.42. The second kappa shape index (κ2) is 4.56. The van der Waals surface area contributed by atoms with Crippen LogP contribution >= 0.6 is 39.1 Å². The summed E-state index contributed by atoms with van der Waals surface area (Å²) >= 11 is 15.0. The number of oxazole rings is 1. The summed E-state index contributed by atoms with van der Waals surface area (Å²) in [6.07, 6.45) is 1.38. The van der Waals surface area contributed by atoms with E-state index in [1.54, 1.807) is 0 Å². The average molecular weight is 307 g/mol. The van der Waals surface area contributed by atoms with Crippen LogP contribution < -0.4 is 0 Å². The molecule has 0 atom stereocenters. The molecule has 2 nitrogen and oxygen atoms in total. The van der Waals surface area contributed by atoms with Gasteiger partial charge in [0.05, 0.1) is 10.9 Å². The Hall–Kier alpha value is -0.510. The standard InChI is InChI=1S/C10H6BrCl2NO/c11-7-2-1-6(3-8(7)13)10-9(4-12)14-5-15-10/h1-3,5H,4H2. The number of rotatable bonds is 2. The van der Waals surface area contributed by atoms with Crippen molar-refractivity contribution >= 4 is 39.1 Å². The molecule has 2 rings (SSSR count). The maximum absolute atomic E-state index is 5.98. The lowest BCUT2D eigenvalue weighted by Crippen LogP contribution is -1.83. The first-order valence-electron chi connectivity index (χ1n) is 4.16. The van der Waals surface area contributed by atoms with Gasteiger partial charge in [0.1, 0.15) is 5.69 Å². The zero-order chi connectivity index (χ0) is 10.8. The van der Waals surface area contributed by atoms with Crippen molar-refractivity contribution in [1.29, 1.82) is 0 Å². The molecule has 1 aromatic carbocycles. The van der Waals surface area contributed by atoms with Gasteiger partial charge in [0.2, 0.25) is 0 Å². The zero-order valence-corrected chi connectivity index (χ0v) is 10.6. The second-order valence-electron chi connectivity index (χ2n) is 2.89. The molecule has 0 N–H and O–H groups in total. The predicted octanol–water partition coefficient (Wildman–Crippen LogP) is 4.50. The van der Waals surface area contributed by atoms with Crippen molar-refractivity contribution in [3.8, 4) is 11.3 Å². The summed E-state index contributed by atoms with van der Waals surface area (Å²) in [4.78, 5) is 4.01. The molecule has 1 heterocycles. The third-order valence-electron chi connectivity index (χ3n) is 1.95. The van der Waals surface area contributed by atoms with Crippen LogP contribution in [0, 0.1) is 0 Å². The Morgan fingerprint density at radius 2 is 2.20 bits per heavy atom. The third-order valence-corrected chi connectivity index (χ3v) is 3.44. The highest BCUT2D eigenvalue weighted by Gasteiger charge is 2.10. The van der Waals surface area contributed by atoms with Gasteiger partial charge in [-0.15, -0.1) is 11.6 Å². The van der Waals surface area contributed by atoms with Gasteiger partial charge in [-0.25, -0.2) is 4.98 Å². The molecule has 2 aromatic rings. The van der Waals surface area contributed by atoms with Gasteiger partial charge < -0.3 is 4.42 Å². The fourth-order valence-electron chi connectivity index (χ4n) is 1.24. The molecule has 0 amide bonds. The van der Waals surface area contributed by atoms with Crippen LogP contribution in [0.15, 0.2) is 33.5 Å². The minimum Gasteiger partial charge on any atom is -0.443 e. The topological polar surface area (TPSA) is 26.0 Å². The fourth-order valence-corrected chi connectivity index (χ4v) is 1.85. The number of hydrogen-bond donors (Lipinski definition) is 0. The number of halogens is 3. The minimum absolute atomic E-state index is 0.319. The van der Waals surface area contributed by atoms with Gasteiger partial charge in [-0.05, 0) is 34.1 Å². The van der Waals surface area contributed by atoms with Crippen molar-refractivity contribution < 1.29 is 4.42 Å². The monoisotopic (exact) mass is 305 g/mol. The lowest BCUT2D eigenvalue weighted by molar-refractivity contribution is 0.571. The van der Waals surface area contributed by atoms with E-state index in [1.807, 2.05) is 18.2 Å². The van der Waals surface area contributed by atoms with Crippen molar-refractivity contribution in [3.05, 3.63) is 39.8 Å². The highest BCUT2D eigenvalue weighted by molar-refractivity contribution is 9.10. The number of alkyl halides is 1. The predicted molar refractivity (Wildman–Crippen MR) is 64.2 cm³/mol. The summed E-state index contributed by atoms with van der Waals surface area (Å²) in [6, 6.07) is 5.56. The van der Waals surface area contributed by atoms with Crippen LogP contribution in [0.1, 0.15) is 5.69 Å². The largest absolute Gasteiger partial charge is 0.443 e. The van der Waals surface area contributed by atoms with Gasteiger partial charge in [-0.3, -0.25) is 0 Å². The van der Waals surface area contributed by atoms with Crippen LogP contribution in [0.5, 0.6) is 0 Å². The number of hydrogen-bond acceptors (Lipinski definition) is 2. The van der Waals surface area contributed by atoms with Crippen LogP contribution in [0.2, 0.25) is 5.02 Å². The first-order chi connectivity index (χ1) is 7.22. The molecule has 78 valence electrons. The summed E-state index contributed by atoms with van der Waals surface area (Å²) in [5.74, 6) is 0.985. The Kier molecular flexibility index (Phi) is 3.34. The fraction of sp³-hybridized carbons (Fsp3) is 0.100. The molecule has 0 spiro atoms. The third kappa shape index (κ3) is 2.19. The quantitative estimate of drug-likeness (QED) is 0.764. The van der Waals surface area contributed by atoms with E-state index in [1.165, 1.54) is 6.39 Å². The molecule has 15 heavy (non-hydrogen) atoms. The summed E-state index contributed by atoms with van der Waals surface area (Å²) in [5, 5.41) is 0.629. The zero-order valence-electron chi connectivity index (χ0n) is 7.51. The molecule has 5 heteroatoms. The molecule has 0 saturated carbocycles. The highest BCUT2D eigenvalue weighted by Crippen LogP contribution is 2.30. The first kappa shape index (κ1) is 11.0. The summed E-state index contributed by atoms with van der Waals surface area (Å²) in [6.45, 7) is 0. The van der Waals surface area contributed by atoms with Crippen molar-refractivity contribution in [2.45, 2.75) is 5.88 Å². The Morgan fingerprint density at radius 3 is 2.87 bits per heavy atom. The summed E-state index contributed by atoms with van der Waals surface area (Å²) in [7, 11) is 0. The van der Waals surface area contributed by atoms with E-state index in [0.29, 0.717) is 16.7 Å². The molecule has 0 bridgehead atoms.